The summed E-state index contributed by atoms with van der Waals surface area (Å²) in [6, 6.07) is 0. The third-order valence-electron chi connectivity index (χ3n) is 8.73. The van der Waals surface area contributed by atoms with Crippen molar-refractivity contribution < 1.29 is 15.0 Å². The maximum atomic E-state index is 11.1. The number of carboxylic acids is 1. The summed E-state index contributed by atoms with van der Waals surface area (Å²) < 4.78 is 0. The normalized spacial score (nSPS) is 50.5. The smallest absolute Gasteiger partial charge is 0.307 e. The summed E-state index contributed by atoms with van der Waals surface area (Å²) in [5.74, 6) is 2.22. The third-order valence-corrected chi connectivity index (χ3v) is 8.73. The van der Waals surface area contributed by atoms with Crippen molar-refractivity contribution in [2.45, 2.75) is 77.7 Å². The predicted molar refractivity (Wildman–Crippen MR) is 93.5 cm³/mol. The maximum Gasteiger partial charge on any atom is 0.307 e. The molecular weight excluding hydrogens is 300 g/mol. The molecule has 0 aromatic rings. The molecule has 0 aromatic carbocycles. The number of hydrogen-bond acceptors (Lipinski definition) is 2. The molecule has 0 unspecified atom stereocenters. The van der Waals surface area contributed by atoms with Gasteiger partial charge in [0.15, 0.2) is 0 Å². The lowest BCUT2D eigenvalue weighted by molar-refractivity contribution is -0.136. The number of aliphatic carboxylic acids is 1. The summed E-state index contributed by atoms with van der Waals surface area (Å²) in [5.41, 5.74) is 1.66. The largest absolute Gasteiger partial charge is 0.481 e. The van der Waals surface area contributed by atoms with Crippen molar-refractivity contribution in [1.29, 1.82) is 0 Å². The van der Waals surface area contributed by atoms with Gasteiger partial charge in [0.2, 0.25) is 0 Å². The minimum atomic E-state index is -0.688. The van der Waals surface area contributed by atoms with Crippen LogP contribution in [0.2, 0.25) is 0 Å². The van der Waals surface area contributed by atoms with Crippen molar-refractivity contribution in [2.75, 3.05) is 0 Å². The van der Waals surface area contributed by atoms with E-state index in [-0.39, 0.29) is 17.9 Å². The minimum absolute atomic E-state index is 0.0950. The highest BCUT2D eigenvalue weighted by Crippen LogP contribution is 2.66. The van der Waals surface area contributed by atoms with E-state index in [1.54, 1.807) is 0 Å². The van der Waals surface area contributed by atoms with E-state index < -0.39 is 5.97 Å². The summed E-state index contributed by atoms with van der Waals surface area (Å²) in [6.07, 6.45) is 11.6. The van der Waals surface area contributed by atoms with Crippen LogP contribution in [0.5, 0.6) is 0 Å². The molecule has 3 heteroatoms. The van der Waals surface area contributed by atoms with Gasteiger partial charge in [-0.3, -0.25) is 4.79 Å². The van der Waals surface area contributed by atoms with E-state index in [2.05, 4.69) is 19.9 Å². The van der Waals surface area contributed by atoms with Gasteiger partial charge in [-0.15, -0.1) is 0 Å². The number of allylic oxidation sites excluding steroid dienone is 1. The lowest BCUT2D eigenvalue weighted by Gasteiger charge is -2.59. The van der Waals surface area contributed by atoms with Gasteiger partial charge < -0.3 is 10.2 Å². The lowest BCUT2D eigenvalue weighted by atomic mass is 9.45. The monoisotopic (exact) mass is 332 g/mol. The quantitative estimate of drug-likeness (QED) is 0.737. The Morgan fingerprint density at radius 1 is 1.12 bits per heavy atom. The topological polar surface area (TPSA) is 57.5 Å². The molecule has 3 fully saturated rings. The lowest BCUT2D eigenvalue weighted by Crippen LogP contribution is -2.53. The molecule has 0 bridgehead atoms. The van der Waals surface area contributed by atoms with Crippen molar-refractivity contribution in [2.24, 2.45) is 34.5 Å². The fourth-order valence-corrected chi connectivity index (χ4v) is 7.26. The Labute approximate surface area is 145 Å². The zero-order chi connectivity index (χ0) is 17.1. The Bertz CT molecular complexity index is 567. The van der Waals surface area contributed by atoms with Gasteiger partial charge in [-0.1, -0.05) is 25.5 Å². The standard InChI is InChI=1S/C21H32O3/c1-20-9-7-13(12-19(23)24)11-14(20)3-4-15-16-5-6-18(22)21(16,2)10-8-17(15)20/h7,14-18,22H,3-6,8-12H2,1-2H3,(H,23,24)/t14-,15-,16-,17+,18-,20-,21-/m0/s1. The van der Waals surface area contributed by atoms with E-state index in [0.717, 1.165) is 36.7 Å². The van der Waals surface area contributed by atoms with Crippen molar-refractivity contribution >= 4 is 5.97 Å². The summed E-state index contributed by atoms with van der Waals surface area (Å²) in [6.45, 7) is 4.82. The summed E-state index contributed by atoms with van der Waals surface area (Å²) in [4.78, 5) is 11.1. The van der Waals surface area contributed by atoms with Crippen LogP contribution in [0.25, 0.3) is 0 Å². The van der Waals surface area contributed by atoms with Crippen LogP contribution in [0.4, 0.5) is 0 Å². The molecule has 7 atom stereocenters. The van der Waals surface area contributed by atoms with Crippen LogP contribution in [0.1, 0.15) is 71.6 Å². The summed E-state index contributed by atoms with van der Waals surface area (Å²) >= 11 is 0. The first-order valence-corrected chi connectivity index (χ1v) is 9.92. The van der Waals surface area contributed by atoms with Gasteiger partial charge >= 0.3 is 5.97 Å². The van der Waals surface area contributed by atoms with E-state index in [1.807, 2.05) is 0 Å². The molecule has 0 spiro atoms. The molecule has 4 aliphatic carbocycles. The molecular formula is C21H32O3. The number of carboxylic acid groups (broad SMARTS) is 1. The zero-order valence-corrected chi connectivity index (χ0v) is 15.1. The molecule has 3 saturated carbocycles. The van der Waals surface area contributed by atoms with Gasteiger partial charge in [-0.25, -0.2) is 0 Å². The van der Waals surface area contributed by atoms with Gasteiger partial charge in [0.25, 0.3) is 0 Å². The van der Waals surface area contributed by atoms with E-state index in [0.29, 0.717) is 17.3 Å². The number of aliphatic hydroxyl groups excluding tert-OH is 1. The molecule has 4 aliphatic rings. The number of aliphatic hydroxyl groups is 1. The highest BCUT2D eigenvalue weighted by Gasteiger charge is 2.59. The Hall–Kier alpha value is -0.830. The van der Waals surface area contributed by atoms with Gasteiger partial charge in [0.1, 0.15) is 0 Å². The minimum Gasteiger partial charge on any atom is -0.481 e. The Balaban J connectivity index is 1.58. The van der Waals surface area contributed by atoms with Crippen LogP contribution >= 0.6 is 0 Å². The predicted octanol–water partition coefficient (Wildman–Crippen LogP) is 4.40. The van der Waals surface area contributed by atoms with E-state index in [1.165, 1.54) is 32.1 Å². The summed E-state index contributed by atoms with van der Waals surface area (Å²) in [7, 11) is 0. The van der Waals surface area contributed by atoms with Crippen molar-refractivity contribution in [3.8, 4) is 0 Å². The maximum absolute atomic E-state index is 11.1. The second-order valence-corrected chi connectivity index (χ2v) is 9.64. The third kappa shape index (κ3) is 2.30. The first-order valence-electron chi connectivity index (χ1n) is 9.92. The van der Waals surface area contributed by atoms with Gasteiger partial charge in [-0.2, -0.15) is 0 Å². The second-order valence-electron chi connectivity index (χ2n) is 9.64. The Morgan fingerprint density at radius 2 is 1.88 bits per heavy atom. The number of carbonyl (C=O) groups is 1. The molecule has 0 radical (unpaired) electrons. The van der Waals surface area contributed by atoms with Crippen molar-refractivity contribution in [3.63, 3.8) is 0 Å². The van der Waals surface area contributed by atoms with Crippen LogP contribution in [0, 0.1) is 34.5 Å². The van der Waals surface area contributed by atoms with Gasteiger partial charge in [-0.05, 0) is 85.9 Å². The molecule has 2 N–H and O–H groups in total. The molecule has 4 rings (SSSR count). The van der Waals surface area contributed by atoms with Crippen molar-refractivity contribution in [1.82, 2.24) is 0 Å². The molecule has 0 saturated heterocycles. The van der Waals surface area contributed by atoms with Crippen LogP contribution < -0.4 is 0 Å². The Morgan fingerprint density at radius 3 is 2.62 bits per heavy atom. The van der Waals surface area contributed by atoms with E-state index in [4.69, 9.17) is 5.11 Å². The van der Waals surface area contributed by atoms with Gasteiger partial charge in [0.05, 0.1) is 12.5 Å². The number of rotatable bonds is 2. The first-order chi connectivity index (χ1) is 11.3. The fraction of sp³-hybridized carbons (Fsp3) is 0.857. The van der Waals surface area contributed by atoms with Crippen LogP contribution in [0.3, 0.4) is 0 Å². The molecule has 134 valence electrons. The SMILES string of the molecule is C[C@]12CC=C(CC(=O)O)C[C@@H]1CC[C@@H]1[C@H]2CC[C@]2(C)[C@@H](O)CC[C@@H]12. The Kier molecular flexibility index (Phi) is 3.87. The van der Waals surface area contributed by atoms with E-state index in [9.17, 15) is 9.90 Å². The number of fused-ring (bicyclic) bond motifs is 5. The molecule has 0 heterocycles. The van der Waals surface area contributed by atoms with Crippen LogP contribution in [0.15, 0.2) is 11.6 Å². The molecule has 24 heavy (non-hydrogen) atoms. The first kappa shape index (κ1) is 16.6. The molecule has 0 aromatic heterocycles. The second kappa shape index (κ2) is 5.59. The average Bonchev–Trinajstić information content (AvgIpc) is 2.83. The van der Waals surface area contributed by atoms with Crippen LogP contribution in [-0.4, -0.2) is 22.3 Å². The van der Waals surface area contributed by atoms with E-state index >= 15 is 0 Å². The average molecular weight is 332 g/mol. The summed E-state index contributed by atoms with van der Waals surface area (Å²) in [5, 5.41) is 19.6. The van der Waals surface area contributed by atoms with Crippen molar-refractivity contribution in [3.05, 3.63) is 11.6 Å². The molecule has 0 amide bonds. The highest BCUT2D eigenvalue weighted by molar-refractivity contribution is 5.70. The number of hydrogen-bond donors (Lipinski definition) is 2. The molecule has 0 aliphatic heterocycles. The van der Waals surface area contributed by atoms with Gasteiger partial charge in [0, 0.05) is 0 Å². The zero-order valence-electron chi connectivity index (χ0n) is 15.1. The van der Waals surface area contributed by atoms with Crippen LogP contribution in [-0.2, 0) is 4.79 Å². The fourth-order valence-electron chi connectivity index (χ4n) is 7.26. The highest BCUT2D eigenvalue weighted by atomic mass is 16.4. The molecule has 3 nitrogen and oxygen atoms in total.